The maximum atomic E-state index is 12.6. The van der Waals surface area contributed by atoms with Crippen molar-refractivity contribution in [1.82, 2.24) is 19.4 Å². The van der Waals surface area contributed by atoms with Crippen molar-refractivity contribution in [3.8, 4) is 0 Å². The van der Waals surface area contributed by atoms with Gasteiger partial charge in [0.2, 0.25) is 17.2 Å². The molecule has 0 aliphatic carbocycles. The zero-order chi connectivity index (χ0) is 25.1. The fourth-order valence-electron chi connectivity index (χ4n) is 4.97. The molecule has 2 aromatic rings. The van der Waals surface area contributed by atoms with Gasteiger partial charge >= 0.3 is 11.9 Å². The lowest BCUT2D eigenvalue weighted by molar-refractivity contribution is -0.935. The molecule has 12 nitrogen and oxygen atoms in total. The normalized spacial score (nSPS) is 19.2. The number of pyridine rings is 1. The summed E-state index contributed by atoms with van der Waals surface area (Å²) in [5, 5.41) is 24.1. The lowest BCUT2D eigenvalue weighted by Crippen LogP contribution is -2.57. The number of aromatic carboxylic acids is 1. The number of quaternary nitrogens is 1. The predicted octanol–water partition coefficient (Wildman–Crippen LogP) is 1.05. The van der Waals surface area contributed by atoms with Crippen LogP contribution in [0.15, 0.2) is 45.2 Å². The number of carbonyl (C=O) groups is 2. The monoisotopic (exact) mass is 480 g/mol. The molecule has 0 saturated carbocycles. The Kier molecular flexibility index (Phi) is 5.20. The van der Waals surface area contributed by atoms with E-state index in [1.807, 2.05) is 29.7 Å². The summed E-state index contributed by atoms with van der Waals surface area (Å²) in [5.74, 6) is -1.29. The predicted molar refractivity (Wildman–Crippen MR) is 127 cm³/mol. The second kappa shape index (κ2) is 8.01. The second-order valence-electron chi connectivity index (χ2n) is 9.04. The van der Waals surface area contributed by atoms with Crippen LogP contribution >= 0.6 is 0 Å². The Morgan fingerprint density at radius 1 is 1.14 bits per heavy atom. The van der Waals surface area contributed by atoms with Crippen molar-refractivity contribution in [2.75, 3.05) is 37.7 Å². The largest absolute Gasteiger partial charge is 0.478 e. The number of anilines is 1. The molecule has 2 aromatic heterocycles. The first-order valence-corrected chi connectivity index (χ1v) is 11.4. The number of carboxylic acids is 2. The number of rotatable bonds is 4. The average Bonchev–Trinajstić information content (AvgIpc) is 3.18. The average molecular weight is 481 g/mol. The molecule has 5 rings (SSSR count). The molecular formula is C23H26N7O5+. The molecule has 3 aliphatic rings. The van der Waals surface area contributed by atoms with Crippen molar-refractivity contribution in [3.63, 3.8) is 0 Å². The van der Waals surface area contributed by atoms with Crippen LogP contribution in [0, 0.1) is 0 Å². The van der Waals surface area contributed by atoms with Crippen molar-refractivity contribution in [3.05, 3.63) is 51.1 Å². The van der Waals surface area contributed by atoms with Gasteiger partial charge in [-0.25, -0.2) is 14.6 Å². The summed E-state index contributed by atoms with van der Waals surface area (Å²) in [5.41, 5.74) is 1.40. The molecule has 1 saturated heterocycles. The van der Waals surface area contributed by atoms with Crippen molar-refractivity contribution in [1.29, 1.82) is 0 Å². The highest BCUT2D eigenvalue weighted by atomic mass is 16.4. The Morgan fingerprint density at radius 2 is 1.86 bits per heavy atom. The number of hydrogen-bond acceptors (Lipinski definition) is 8. The van der Waals surface area contributed by atoms with Crippen LogP contribution in [0.5, 0.6) is 0 Å². The van der Waals surface area contributed by atoms with Crippen LogP contribution in [-0.4, -0.2) is 84.9 Å². The summed E-state index contributed by atoms with van der Waals surface area (Å²) in [7, 11) is 0. The van der Waals surface area contributed by atoms with Crippen molar-refractivity contribution >= 4 is 34.8 Å². The van der Waals surface area contributed by atoms with Crippen LogP contribution in [0.25, 0.3) is 11.0 Å². The van der Waals surface area contributed by atoms with Gasteiger partial charge in [0.05, 0.1) is 18.5 Å². The van der Waals surface area contributed by atoms with Gasteiger partial charge in [-0.3, -0.25) is 9.69 Å². The van der Waals surface area contributed by atoms with Gasteiger partial charge in [-0.15, -0.1) is 0 Å². The smallest absolute Gasteiger partial charge is 0.341 e. The van der Waals surface area contributed by atoms with E-state index in [0.717, 1.165) is 5.70 Å². The van der Waals surface area contributed by atoms with Gasteiger partial charge in [0, 0.05) is 24.6 Å². The molecule has 12 heteroatoms. The number of amidine groups is 1. The molecule has 0 unspecified atom stereocenters. The summed E-state index contributed by atoms with van der Waals surface area (Å²) < 4.78 is 2.04. The number of piperazine rings is 1. The highest BCUT2D eigenvalue weighted by molar-refractivity contribution is 6.20. The molecular weight excluding hydrogens is 454 g/mol. The lowest BCUT2D eigenvalue weighted by atomic mass is 10.0. The SMILES string of the molecule is CCn1cc(C(=O)O)c(=O)c2cnc(N3CC[N+]4(CC3)CN3C(C)=CC(C)=C(C(=O)O)C3=N4)nc21. The molecule has 0 atom stereocenters. The minimum absolute atomic E-state index is 0.171. The molecule has 0 aromatic carbocycles. The van der Waals surface area contributed by atoms with Gasteiger partial charge in [0.1, 0.15) is 29.9 Å². The molecule has 0 radical (unpaired) electrons. The van der Waals surface area contributed by atoms with Crippen LogP contribution in [-0.2, 0) is 11.3 Å². The Bertz CT molecular complexity index is 1430. The van der Waals surface area contributed by atoms with Crippen LogP contribution in [0.3, 0.4) is 0 Å². The second-order valence-corrected chi connectivity index (χ2v) is 9.04. The molecule has 1 spiro atoms. The fourth-order valence-corrected chi connectivity index (χ4v) is 4.97. The molecule has 3 aliphatic heterocycles. The first-order chi connectivity index (χ1) is 16.6. The molecule has 1 fully saturated rings. The molecule has 2 N–H and O–H groups in total. The molecule has 35 heavy (non-hydrogen) atoms. The number of fused-ring (bicyclic) bond motifs is 2. The summed E-state index contributed by atoms with van der Waals surface area (Å²) >= 11 is 0. The van der Waals surface area contributed by atoms with Crippen LogP contribution in [0.2, 0.25) is 0 Å². The summed E-state index contributed by atoms with van der Waals surface area (Å²) in [4.78, 5) is 48.9. The molecule has 0 amide bonds. The summed E-state index contributed by atoms with van der Waals surface area (Å²) in [6.45, 7) is 9.08. The van der Waals surface area contributed by atoms with Crippen molar-refractivity contribution < 1.29 is 24.4 Å². The van der Waals surface area contributed by atoms with E-state index in [-0.39, 0.29) is 16.5 Å². The molecule has 5 heterocycles. The van der Waals surface area contributed by atoms with E-state index in [9.17, 15) is 24.6 Å². The number of aliphatic carboxylic acids is 1. The minimum Gasteiger partial charge on any atom is -0.478 e. The number of nitrogens with zero attached hydrogens (tertiary/aromatic N) is 7. The summed E-state index contributed by atoms with van der Waals surface area (Å²) in [6, 6.07) is 0. The van der Waals surface area contributed by atoms with Gasteiger partial charge in [-0.2, -0.15) is 9.58 Å². The van der Waals surface area contributed by atoms with Gasteiger partial charge in [0.25, 0.3) is 0 Å². The van der Waals surface area contributed by atoms with Crippen LogP contribution in [0.4, 0.5) is 5.95 Å². The highest BCUT2D eigenvalue weighted by Gasteiger charge is 2.46. The van der Waals surface area contributed by atoms with Gasteiger partial charge in [-0.05, 0) is 32.4 Å². The maximum Gasteiger partial charge on any atom is 0.341 e. The topological polar surface area (TPSA) is 141 Å². The van der Waals surface area contributed by atoms with E-state index in [1.165, 1.54) is 12.4 Å². The zero-order valence-corrected chi connectivity index (χ0v) is 19.7. The Balaban J connectivity index is 1.43. The third-order valence-corrected chi connectivity index (χ3v) is 6.88. The number of allylic oxidation sites excluding steroid dienone is 3. The Hall–Kier alpha value is -4.06. The standard InChI is InChI=1S/C23H25N7O5/c1-4-27-11-16(21(32)33)18(31)15-10-24-23(25-19(15)27)28-5-7-30(8-6-28)12-29-14(3)9-13(2)17(22(34)35)20(29)26-30/h9-11H,4-8,12H2,1-3H3,(H-,32,33,34,35)/p+1. The van der Waals surface area contributed by atoms with Crippen LogP contribution in [0.1, 0.15) is 31.1 Å². The van der Waals surface area contributed by atoms with Crippen molar-refractivity contribution in [2.45, 2.75) is 27.3 Å². The van der Waals surface area contributed by atoms with Gasteiger partial charge < -0.3 is 19.7 Å². The zero-order valence-electron chi connectivity index (χ0n) is 19.7. The lowest BCUT2D eigenvalue weighted by Gasteiger charge is -2.38. The number of carboxylic acid groups (broad SMARTS) is 2. The van der Waals surface area contributed by atoms with Crippen molar-refractivity contribution in [2.24, 2.45) is 5.10 Å². The van der Waals surface area contributed by atoms with E-state index in [2.05, 4.69) is 9.97 Å². The number of aromatic nitrogens is 3. The quantitative estimate of drug-likeness (QED) is 0.614. The third kappa shape index (κ3) is 3.57. The molecule has 0 bridgehead atoms. The fraction of sp³-hybridized carbons (Fsp3) is 0.391. The van der Waals surface area contributed by atoms with E-state index in [0.29, 0.717) is 67.0 Å². The maximum absolute atomic E-state index is 12.6. The van der Waals surface area contributed by atoms with E-state index in [1.54, 1.807) is 11.5 Å². The minimum atomic E-state index is -1.28. The van der Waals surface area contributed by atoms with Gasteiger partial charge in [0.15, 0.2) is 6.67 Å². The number of aryl methyl sites for hydroxylation is 1. The van der Waals surface area contributed by atoms with Gasteiger partial charge in [-0.1, -0.05) is 5.10 Å². The first-order valence-electron chi connectivity index (χ1n) is 11.4. The van der Waals surface area contributed by atoms with E-state index in [4.69, 9.17) is 5.10 Å². The van der Waals surface area contributed by atoms with E-state index >= 15 is 0 Å². The highest BCUT2D eigenvalue weighted by Crippen LogP contribution is 2.32. The number of hydrogen-bond donors (Lipinski definition) is 2. The Morgan fingerprint density at radius 3 is 2.49 bits per heavy atom. The molecule has 182 valence electrons. The Labute approximate surface area is 200 Å². The third-order valence-electron chi connectivity index (χ3n) is 6.88. The van der Waals surface area contributed by atoms with E-state index < -0.39 is 17.4 Å². The van der Waals surface area contributed by atoms with Crippen LogP contribution < -0.4 is 10.3 Å². The first kappa shape index (κ1) is 22.7. The summed E-state index contributed by atoms with van der Waals surface area (Å²) in [6.07, 6.45) is 4.60.